The molecule has 0 spiro atoms. The molecule has 0 aromatic heterocycles. The Hall–Kier alpha value is -1.95. The molecule has 0 radical (unpaired) electrons. The molecule has 24 heavy (non-hydrogen) atoms. The Morgan fingerprint density at radius 1 is 1.29 bits per heavy atom. The van der Waals surface area contributed by atoms with Crippen molar-refractivity contribution in [2.24, 2.45) is 0 Å². The molecule has 1 unspecified atom stereocenters. The molecule has 2 atom stereocenters. The molecule has 1 aromatic rings. The smallest absolute Gasteiger partial charge is 0.321 e. The minimum atomic E-state index is -0.419. The molecule has 1 aliphatic rings. The maximum atomic E-state index is 13.2. The van der Waals surface area contributed by atoms with Crippen LogP contribution in [-0.4, -0.2) is 31.1 Å². The van der Waals surface area contributed by atoms with Gasteiger partial charge in [0.25, 0.3) is 5.91 Å². The van der Waals surface area contributed by atoms with E-state index in [1.54, 1.807) is 13.0 Å². The monoisotopic (exact) mass is 336 g/mol. The van der Waals surface area contributed by atoms with E-state index < -0.39 is 12.1 Å². The van der Waals surface area contributed by atoms with Crippen molar-refractivity contribution in [2.45, 2.75) is 57.7 Å². The van der Waals surface area contributed by atoms with Crippen LogP contribution in [-0.2, 0) is 11.3 Å². The molecule has 6 heteroatoms. The number of hydrogen-bond acceptors (Lipinski definition) is 2. The third-order valence-corrected chi connectivity index (χ3v) is 4.68. The van der Waals surface area contributed by atoms with Gasteiger partial charge in [0, 0.05) is 11.6 Å². The standard InChI is InChI=1S/C18H26FN3O2/c1-13(22(2)12-14-7-6-8-15(19)11-14)17(23)21-18(24)20-16-9-4-3-5-10-16/h6-8,11,13,16H,3-5,9-10,12H2,1-2H3,(H2,20,21,23,24)/p+1/t13-/m0/s1. The number of urea groups is 1. The van der Waals surface area contributed by atoms with E-state index in [1.807, 2.05) is 13.1 Å². The van der Waals surface area contributed by atoms with Crippen molar-refractivity contribution in [3.8, 4) is 0 Å². The number of halogens is 1. The van der Waals surface area contributed by atoms with Crippen LogP contribution in [0.5, 0.6) is 0 Å². The highest BCUT2D eigenvalue weighted by Crippen LogP contribution is 2.17. The number of carbonyl (C=O) groups is 2. The Morgan fingerprint density at radius 2 is 2.00 bits per heavy atom. The van der Waals surface area contributed by atoms with E-state index in [0.717, 1.165) is 36.1 Å². The fourth-order valence-corrected chi connectivity index (χ4v) is 3.03. The van der Waals surface area contributed by atoms with Crippen LogP contribution in [0.25, 0.3) is 0 Å². The highest BCUT2D eigenvalue weighted by molar-refractivity contribution is 5.96. The number of quaternary nitrogens is 1. The number of likely N-dealkylation sites (N-methyl/N-ethyl adjacent to an activating group) is 1. The first-order valence-electron chi connectivity index (χ1n) is 8.64. The Morgan fingerprint density at radius 3 is 2.67 bits per heavy atom. The molecular weight excluding hydrogens is 309 g/mol. The molecular formula is C18H27FN3O2+. The van der Waals surface area contributed by atoms with E-state index in [-0.39, 0.29) is 17.8 Å². The van der Waals surface area contributed by atoms with Crippen LogP contribution in [0.2, 0.25) is 0 Å². The van der Waals surface area contributed by atoms with Crippen molar-refractivity contribution in [3.05, 3.63) is 35.6 Å². The lowest BCUT2D eigenvalue weighted by atomic mass is 9.96. The zero-order valence-electron chi connectivity index (χ0n) is 14.4. The highest BCUT2D eigenvalue weighted by atomic mass is 19.1. The summed E-state index contributed by atoms with van der Waals surface area (Å²) in [7, 11) is 1.86. The predicted octanol–water partition coefficient (Wildman–Crippen LogP) is 1.39. The summed E-state index contributed by atoms with van der Waals surface area (Å²) in [6, 6.07) is 5.67. The van der Waals surface area contributed by atoms with E-state index >= 15 is 0 Å². The van der Waals surface area contributed by atoms with Crippen molar-refractivity contribution in [3.63, 3.8) is 0 Å². The summed E-state index contributed by atoms with van der Waals surface area (Å²) in [5.74, 6) is -0.610. The second-order valence-corrected chi connectivity index (χ2v) is 6.67. The van der Waals surface area contributed by atoms with Crippen LogP contribution in [0.4, 0.5) is 9.18 Å². The highest BCUT2D eigenvalue weighted by Gasteiger charge is 2.25. The van der Waals surface area contributed by atoms with E-state index in [9.17, 15) is 14.0 Å². The molecule has 0 bridgehead atoms. The summed E-state index contributed by atoms with van der Waals surface area (Å²) in [5.41, 5.74) is 0.818. The second kappa shape index (κ2) is 8.78. The molecule has 3 N–H and O–H groups in total. The van der Waals surface area contributed by atoms with E-state index in [0.29, 0.717) is 6.54 Å². The summed E-state index contributed by atoms with van der Waals surface area (Å²) >= 11 is 0. The van der Waals surface area contributed by atoms with Crippen molar-refractivity contribution >= 4 is 11.9 Å². The van der Waals surface area contributed by atoms with Crippen LogP contribution in [0.3, 0.4) is 0 Å². The van der Waals surface area contributed by atoms with Crippen LogP contribution in [0, 0.1) is 5.82 Å². The normalized spacial score (nSPS) is 17.8. The number of carbonyl (C=O) groups excluding carboxylic acids is 2. The molecule has 0 heterocycles. The fraction of sp³-hybridized carbons (Fsp3) is 0.556. The zero-order valence-corrected chi connectivity index (χ0v) is 14.4. The number of amides is 3. The van der Waals surface area contributed by atoms with Gasteiger partial charge in [-0.05, 0) is 31.9 Å². The van der Waals surface area contributed by atoms with Crippen molar-refractivity contribution in [1.29, 1.82) is 0 Å². The van der Waals surface area contributed by atoms with Crippen LogP contribution in [0.1, 0.15) is 44.6 Å². The third kappa shape index (κ3) is 5.60. The number of rotatable bonds is 5. The second-order valence-electron chi connectivity index (χ2n) is 6.67. The van der Waals surface area contributed by atoms with Gasteiger partial charge in [0.1, 0.15) is 12.4 Å². The van der Waals surface area contributed by atoms with Gasteiger partial charge in [-0.25, -0.2) is 9.18 Å². The summed E-state index contributed by atoms with van der Waals surface area (Å²) in [6.45, 7) is 2.27. The van der Waals surface area contributed by atoms with Crippen LogP contribution in [0.15, 0.2) is 24.3 Å². The SMILES string of the molecule is C[C@@H](C(=O)NC(=O)NC1CCCCC1)[NH+](C)Cc1cccc(F)c1. The lowest BCUT2D eigenvalue weighted by molar-refractivity contribution is -0.908. The lowest BCUT2D eigenvalue weighted by Gasteiger charge is -2.24. The first kappa shape index (κ1) is 18.4. The molecule has 0 aliphatic heterocycles. The van der Waals surface area contributed by atoms with Gasteiger partial charge in [-0.1, -0.05) is 31.4 Å². The van der Waals surface area contributed by atoms with Crippen molar-refractivity contribution in [2.75, 3.05) is 7.05 Å². The summed E-state index contributed by atoms with van der Waals surface area (Å²) < 4.78 is 13.2. The number of hydrogen-bond donors (Lipinski definition) is 3. The third-order valence-electron chi connectivity index (χ3n) is 4.68. The van der Waals surface area contributed by atoms with Crippen molar-refractivity contribution < 1.29 is 18.9 Å². The molecule has 1 aromatic carbocycles. The molecule has 1 fully saturated rings. The van der Waals surface area contributed by atoms with E-state index in [1.165, 1.54) is 18.6 Å². The number of nitrogens with one attached hydrogen (secondary N) is 3. The summed E-state index contributed by atoms with van der Waals surface area (Å²) in [5, 5.41) is 5.29. The maximum absolute atomic E-state index is 13.2. The average Bonchev–Trinajstić information content (AvgIpc) is 2.54. The quantitative estimate of drug-likeness (QED) is 0.761. The van der Waals surface area contributed by atoms with Gasteiger partial charge in [0.15, 0.2) is 6.04 Å². The van der Waals surface area contributed by atoms with Crippen molar-refractivity contribution in [1.82, 2.24) is 10.6 Å². The Labute approximate surface area is 142 Å². The lowest BCUT2D eigenvalue weighted by Crippen LogP contribution is -3.12. The number of benzene rings is 1. The molecule has 2 rings (SSSR count). The van der Waals surface area contributed by atoms with Gasteiger partial charge < -0.3 is 10.2 Å². The minimum absolute atomic E-state index is 0.166. The van der Waals surface area contributed by atoms with Crippen LogP contribution >= 0.6 is 0 Å². The molecule has 3 amide bonds. The van der Waals surface area contributed by atoms with Gasteiger partial charge in [0.05, 0.1) is 7.05 Å². The first-order valence-corrected chi connectivity index (χ1v) is 8.64. The van der Waals surface area contributed by atoms with Gasteiger partial charge in [0.2, 0.25) is 0 Å². The molecule has 0 saturated heterocycles. The predicted molar refractivity (Wildman–Crippen MR) is 90.0 cm³/mol. The Balaban J connectivity index is 1.80. The fourth-order valence-electron chi connectivity index (χ4n) is 3.03. The molecule has 5 nitrogen and oxygen atoms in total. The number of imide groups is 1. The Kier molecular flexibility index (Phi) is 6.73. The van der Waals surface area contributed by atoms with Crippen LogP contribution < -0.4 is 15.5 Å². The van der Waals surface area contributed by atoms with Gasteiger partial charge in [-0.15, -0.1) is 0 Å². The van der Waals surface area contributed by atoms with Gasteiger partial charge in [-0.2, -0.15) is 0 Å². The van der Waals surface area contributed by atoms with Gasteiger partial charge >= 0.3 is 6.03 Å². The minimum Gasteiger partial charge on any atom is -0.335 e. The molecule has 1 aliphatic carbocycles. The maximum Gasteiger partial charge on any atom is 0.321 e. The van der Waals surface area contributed by atoms with Gasteiger partial charge in [-0.3, -0.25) is 10.1 Å². The molecule has 1 saturated carbocycles. The molecule has 132 valence electrons. The first-order chi connectivity index (χ1) is 11.5. The summed E-state index contributed by atoms with van der Waals surface area (Å²) in [6.07, 6.45) is 5.40. The Bertz CT molecular complexity index is 573. The largest absolute Gasteiger partial charge is 0.335 e. The van der Waals surface area contributed by atoms with E-state index in [2.05, 4.69) is 10.6 Å². The average molecular weight is 336 g/mol. The topological polar surface area (TPSA) is 62.6 Å². The summed E-state index contributed by atoms with van der Waals surface area (Å²) in [4.78, 5) is 25.1. The van der Waals surface area contributed by atoms with E-state index in [4.69, 9.17) is 0 Å². The zero-order chi connectivity index (χ0) is 17.5.